The standard InChI is InChI=1S/C21H34Si3.C19H32Si3/c1-22(2,3)17-18-23(4,5)24(6,7)21-15-13-20(14-16-21)19-11-9-8-10-12-19;1-20(2,3)15-16-21(4,5)22(6,7)19-14-10-12-17-11-8-9-13-18(17)19/h8-16H,17-18H2,1-7H3;8-14H,15-16H2,1-7H3. The minimum Gasteiger partial charge on any atom is -0.0710 e. The second-order valence-corrected chi connectivity index (χ2v) is 61.6. The predicted octanol–water partition coefficient (Wildman–Crippen LogP) is 12.3. The zero-order valence-corrected chi connectivity index (χ0v) is 38.1. The molecule has 0 nitrogen and oxygen atoms in total. The van der Waals surface area contributed by atoms with Gasteiger partial charge in [-0.25, -0.2) is 0 Å². The Kier molecular flexibility index (Phi) is 12.6. The van der Waals surface area contributed by atoms with E-state index in [0.717, 1.165) is 0 Å². The second-order valence-electron chi connectivity index (χ2n) is 18.6. The smallest absolute Gasteiger partial charge is 0.0710 e. The van der Waals surface area contributed by atoms with Crippen molar-refractivity contribution in [1.29, 1.82) is 0 Å². The number of hydrogen-bond acceptors (Lipinski definition) is 0. The molecule has 0 saturated carbocycles. The van der Waals surface area contributed by atoms with Crippen molar-refractivity contribution in [3.8, 4) is 11.1 Å². The maximum Gasteiger partial charge on any atom is 0.0746 e. The first-order valence-electron chi connectivity index (χ1n) is 17.7. The van der Waals surface area contributed by atoms with E-state index in [0.29, 0.717) is 0 Å². The number of fused-ring (bicyclic) bond motifs is 1. The third kappa shape index (κ3) is 9.98. The topological polar surface area (TPSA) is 0 Å². The summed E-state index contributed by atoms with van der Waals surface area (Å²) in [6.07, 6.45) is 0. The molecule has 0 aliphatic rings. The highest BCUT2D eigenvalue weighted by Gasteiger charge is 2.44. The fourth-order valence-corrected chi connectivity index (χ4v) is 34.1. The Balaban J connectivity index is 0.000000251. The van der Waals surface area contributed by atoms with Crippen LogP contribution in [-0.4, -0.2) is 46.5 Å². The summed E-state index contributed by atoms with van der Waals surface area (Å²) in [6.45, 7) is 36.2. The van der Waals surface area contributed by atoms with Gasteiger partial charge in [-0.1, -0.05) is 223 Å². The molecule has 6 heteroatoms. The van der Waals surface area contributed by atoms with Crippen molar-refractivity contribution >= 4 is 67.7 Å². The number of rotatable bonds is 11. The van der Waals surface area contributed by atoms with Gasteiger partial charge in [0.15, 0.2) is 0 Å². The lowest BCUT2D eigenvalue weighted by Gasteiger charge is -2.41. The zero-order valence-electron chi connectivity index (χ0n) is 32.1. The van der Waals surface area contributed by atoms with Gasteiger partial charge in [-0.3, -0.25) is 0 Å². The Hall–Kier alpha value is -1.56. The summed E-state index contributed by atoms with van der Waals surface area (Å²) in [5, 5.41) is 6.26. The van der Waals surface area contributed by atoms with Crippen LogP contribution in [0.5, 0.6) is 0 Å². The molecule has 4 aromatic rings. The van der Waals surface area contributed by atoms with Gasteiger partial charge in [-0.15, -0.1) is 0 Å². The van der Waals surface area contributed by atoms with Gasteiger partial charge in [-0.2, -0.15) is 0 Å². The van der Waals surface area contributed by atoms with Gasteiger partial charge in [0.25, 0.3) is 0 Å². The van der Waals surface area contributed by atoms with Gasteiger partial charge in [0.1, 0.15) is 0 Å². The van der Waals surface area contributed by atoms with E-state index in [1.807, 2.05) is 0 Å². The van der Waals surface area contributed by atoms with E-state index < -0.39 is 46.5 Å². The fraction of sp³-hybridized carbons (Fsp3) is 0.450. The minimum atomic E-state index is -1.41. The SMILES string of the molecule is C[Si](C)(C)CC[Si](C)(C)[Si](C)(C)c1ccc(-c2ccccc2)cc1.C[Si](C)(C)CC[Si](C)(C)[Si](C)(C)c1cccc2ccccc12. The maximum atomic E-state index is 2.65. The molecule has 0 radical (unpaired) electrons. The molecular formula is C40H66Si6. The van der Waals surface area contributed by atoms with Crippen LogP contribution in [0.2, 0.25) is 116 Å². The second kappa shape index (κ2) is 14.9. The van der Waals surface area contributed by atoms with Gasteiger partial charge in [0.05, 0.1) is 15.2 Å². The molecule has 0 aromatic heterocycles. The average Bonchev–Trinajstić information content (AvgIpc) is 2.99. The maximum absolute atomic E-state index is 2.65. The highest BCUT2D eigenvalue weighted by molar-refractivity contribution is 7.46. The quantitative estimate of drug-likeness (QED) is 0.136. The van der Waals surface area contributed by atoms with Gasteiger partial charge in [0, 0.05) is 31.3 Å². The molecule has 0 atom stereocenters. The molecule has 0 amide bonds. The van der Waals surface area contributed by atoms with Crippen molar-refractivity contribution in [2.75, 3.05) is 0 Å². The Morgan fingerprint density at radius 3 is 1.33 bits per heavy atom. The minimum absolute atomic E-state index is 0.943. The van der Waals surface area contributed by atoms with Crippen molar-refractivity contribution in [2.45, 2.75) is 116 Å². The Labute approximate surface area is 290 Å². The highest BCUT2D eigenvalue weighted by Crippen LogP contribution is 2.31. The van der Waals surface area contributed by atoms with Gasteiger partial charge in [-0.05, 0) is 21.9 Å². The molecule has 250 valence electrons. The number of hydrogen-bond donors (Lipinski definition) is 0. The molecule has 4 rings (SSSR count). The molecule has 4 aromatic carbocycles. The Bertz CT molecular complexity index is 1530. The van der Waals surface area contributed by atoms with Crippen LogP contribution in [0.15, 0.2) is 97.1 Å². The summed E-state index contributed by atoms with van der Waals surface area (Å²) in [6, 6.07) is 42.2. The average molecular weight is 715 g/mol. The van der Waals surface area contributed by atoms with Crippen LogP contribution < -0.4 is 10.4 Å². The molecular weight excluding hydrogens is 649 g/mol. The summed E-state index contributed by atoms with van der Waals surface area (Å²) in [5.41, 5.74) is 2.66. The number of benzene rings is 4. The van der Waals surface area contributed by atoms with Crippen molar-refractivity contribution in [3.05, 3.63) is 97.1 Å². The van der Waals surface area contributed by atoms with Gasteiger partial charge in [0.2, 0.25) is 0 Å². The molecule has 0 unspecified atom stereocenters. The van der Waals surface area contributed by atoms with Crippen LogP contribution in [0.3, 0.4) is 0 Å². The van der Waals surface area contributed by atoms with E-state index in [9.17, 15) is 0 Å². The Morgan fingerprint density at radius 1 is 0.370 bits per heavy atom. The lowest BCUT2D eigenvalue weighted by molar-refractivity contribution is 1.29. The van der Waals surface area contributed by atoms with Crippen LogP contribution in [0.4, 0.5) is 0 Å². The van der Waals surface area contributed by atoms with E-state index in [-0.39, 0.29) is 0 Å². The first-order chi connectivity index (χ1) is 21.1. The molecule has 46 heavy (non-hydrogen) atoms. The third-order valence-corrected chi connectivity index (χ3v) is 52.9. The van der Waals surface area contributed by atoms with Gasteiger partial charge >= 0.3 is 0 Å². The van der Waals surface area contributed by atoms with E-state index in [1.165, 1.54) is 46.1 Å². The summed E-state index contributed by atoms with van der Waals surface area (Å²) < 4.78 is 0. The van der Waals surface area contributed by atoms with E-state index in [1.54, 1.807) is 10.4 Å². The molecule has 0 bridgehead atoms. The fourth-order valence-electron chi connectivity index (χ4n) is 6.24. The van der Waals surface area contributed by atoms with Crippen molar-refractivity contribution < 1.29 is 0 Å². The van der Waals surface area contributed by atoms with Crippen LogP contribution in [0, 0.1) is 0 Å². The first kappa shape index (κ1) is 38.9. The lowest BCUT2D eigenvalue weighted by Crippen LogP contribution is -2.63. The van der Waals surface area contributed by atoms with Crippen LogP contribution >= 0.6 is 0 Å². The largest absolute Gasteiger partial charge is 0.0746 e. The van der Waals surface area contributed by atoms with Crippen LogP contribution in [0.1, 0.15) is 0 Å². The first-order valence-corrected chi connectivity index (χ1v) is 39.5. The zero-order chi connectivity index (χ0) is 34.6. The highest BCUT2D eigenvalue weighted by atomic mass is 29.3. The van der Waals surface area contributed by atoms with E-state index >= 15 is 0 Å². The van der Waals surface area contributed by atoms with E-state index in [4.69, 9.17) is 0 Å². The van der Waals surface area contributed by atoms with Crippen LogP contribution in [-0.2, 0) is 0 Å². The summed E-state index contributed by atoms with van der Waals surface area (Å²) in [7, 11) is -7.10. The molecule has 0 aliphatic carbocycles. The summed E-state index contributed by atoms with van der Waals surface area (Å²) >= 11 is 0. The van der Waals surface area contributed by atoms with Crippen molar-refractivity contribution in [3.63, 3.8) is 0 Å². The van der Waals surface area contributed by atoms with E-state index in [2.05, 4.69) is 189 Å². The lowest BCUT2D eigenvalue weighted by atomic mass is 10.1. The van der Waals surface area contributed by atoms with Gasteiger partial charge < -0.3 is 0 Å². The normalized spacial score (nSPS) is 13.3. The monoisotopic (exact) mass is 714 g/mol. The predicted molar refractivity (Wildman–Crippen MR) is 231 cm³/mol. The molecule has 0 saturated heterocycles. The Morgan fingerprint density at radius 2 is 0.804 bits per heavy atom. The molecule has 0 fully saturated rings. The molecule has 0 aliphatic heterocycles. The van der Waals surface area contributed by atoms with Crippen molar-refractivity contribution in [1.82, 2.24) is 0 Å². The molecule has 0 heterocycles. The van der Waals surface area contributed by atoms with Crippen molar-refractivity contribution in [2.24, 2.45) is 0 Å². The summed E-state index contributed by atoms with van der Waals surface area (Å²) in [5.74, 6) is 0. The molecule has 0 N–H and O–H groups in total. The summed E-state index contributed by atoms with van der Waals surface area (Å²) in [4.78, 5) is 0. The molecule has 0 spiro atoms. The van der Waals surface area contributed by atoms with Crippen LogP contribution in [0.25, 0.3) is 21.9 Å². The third-order valence-electron chi connectivity index (χ3n) is 11.6.